The minimum Gasteiger partial charge on any atom is -0.508 e. The zero-order chi connectivity index (χ0) is 13.6. The molecule has 1 rings (SSSR count). The molecular formula is C12H18O5S. The molecule has 0 spiro atoms. The van der Waals surface area contributed by atoms with Crippen molar-refractivity contribution in [3.63, 3.8) is 0 Å². The van der Waals surface area contributed by atoms with Gasteiger partial charge in [0.05, 0.1) is 23.9 Å². The molecule has 1 aromatic rings. The Morgan fingerprint density at radius 1 is 1.11 bits per heavy atom. The molecule has 0 amide bonds. The van der Waals surface area contributed by atoms with E-state index in [0.29, 0.717) is 13.2 Å². The summed E-state index contributed by atoms with van der Waals surface area (Å²) in [6.07, 6.45) is 0. The van der Waals surface area contributed by atoms with E-state index < -0.39 is 9.84 Å². The Bertz CT molecular complexity index is 446. The molecule has 0 fully saturated rings. The smallest absolute Gasteiger partial charge is 0.178 e. The van der Waals surface area contributed by atoms with Gasteiger partial charge in [0, 0.05) is 20.1 Å². The van der Waals surface area contributed by atoms with Gasteiger partial charge >= 0.3 is 0 Å². The van der Waals surface area contributed by atoms with E-state index in [9.17, 15) is 8.42 Å². The standard InChI is InChI=1S/C12H18O5S/c1-16-7-10(8-17-2)9-18(14,15)12-5-3-11(13)4-6-12/h3-6,10,13H,7-9H2,1-2H3. The molecule has 0 aliphatic rings. The Morgan fingerprint density at radius 2 is 1.61 bits per heavy atom. The second-order valence-corrected chi connectivity index (χ2v) is 6.09. The van der Waals surface area contributed by atoms with Crippen LogP contribution in [0.5, 0.6) is 5.75 Å². The van der Waals surface area contributed by atoms with Gasteiger partial charge in [-0.1, -0.05) is 0 Å². The summed E-state index contributed by atoms with van der Waals surface area (Å²) in [5.41, 5.74) is 0. The number of phenols is 1. The lowest BCUT2D eigenvalue weighted by atomic mass is 10.2. The minimum absolute atomic E-state index is 0.0410. The summed E-state index contributed by atoms with van der Waals surface area (Å²) < 4.78 is 34.2. The van der Waals surface area contributed by atoms with Gasteiger partial charge in [-0.2, -0.15) is 0 Å². The highest BCUT2D eigenvalue weighted by Gasteiger charge is 2.21. The first-order valence-corrected chi connectivity index (χ1v) is 7.14. The van der Waals surface area contributed by atoms with Gasteiger partial charge in [-0.05, 0) is 24.3 Å². The molecule has 1 N–H and O–H groups in total. The van der Waals surface area contributed by atoms with Crippen molar-refractivity contribution in [2.45, 2.75) is 4.90 Å². The fourth-order valence-corrected chi connectivity index (χ4v) is 3.23. The number of rotatable bonds is 7. The quantitative estimate of drug-likeness (QED) is 0.805. The molecule has 0 atom stereocenters. The highest BCUT2D eigenvalue weighted by molar-refractivity contribution is 7.91. The van der Waals surface area contributed by atoms with E-state index in [1.54, 1.807) is 0 Å². The van der Waals surface area contributed by atoms with Gasteiger partial charge in [-0.25, -0.2) is 8.42 Å². The van der Waals surface area contributed by atoms with Crippen molar-refractivity contribution in [1.82, 2.24) is 0 Å². The number of hydrogen-bond donors (Lipinski definition) is 1. The van der Waals surface area contributed by atoms with E-state index in [0.717, 1.165) is 0 Å². The summed E-state index contributed by atoms with van der Waals surface area (Å²) in [4.78, 5) is 0.192. The van der Waals surface area contributed by atoms with Crippen molar-refractivity contribution < 1.29 is 23.0 Å². The average molecular weight is 274 g/mol. The zero-order valence-corrected chi connectivity index (χ0v) is 11.3. The molecule has 0 heterocycles. The van der Waals surface area contributed by atoms with Gasteiger partial charge in [0.2, 0.25) is 0 Å². The highest BCUT2D eigenvalue weighted by atomic mass is 32.2. The lowest BCUT2D eigenvalue weighted by Gasteiger charge is -2.15. The fourth-order valence-electron chi connectivity index (χ4n) is 1.68. The van der Waals surface area contributed by atoms with Crippen LogP contribution in [0.3, 0.4) is 0 Å². The van der Waals surface area contributed by atoms with Crippen LogP contribution >= 0.6 is 0 Å². The van der Waals surface area contributed by atoms with Gasteiger partial charge in [0.15, 0.2) is 9.84 Å². The van der Waals surface area contributed by atoms with Crippen molar-refractivity contribution in [3.8, 4) is 5.75 Å². The van der Waals surface area contributed by atoms with Crippen LogP contribution < -0.4 is 0 Å². The van der Waals surface area contributed by atoms with Crippen molar-refractivity contribution >= 4 is 9.84 Å². The average Bonchev–Trinajstić information content (AvgIpc) is 2.29. The summed E-state index contributed by atoms with van der Waals surface area (Å²) in [5.74, 6) is -0.211. The van der Waals surface area contributed by atoms with E-state index in [4.69, 9.17) is 14.6 Å². The third kappa shape index (κ3) is 4.29. The van der Waals surface area contributed by atoms with Crippen molar-refractivity contribution in [3.05, 3.63) is 24.3 Å². The highest BCUT2D eigenvalue weighted by Crippen LogP contribution is 2.18. The minimum atomic E-state index is -3.39. The Morgan fingerprint density at radius 3 is 2.06 bits per heavy atom. The predicted molar refractivity (Wildman–Crippen MR) is 67.4 cm³/mol. The van der Waals surface area contributed by atoms with Crippen LogP contribution in [0, 0.1) is 5.92 Å². The van der Waals surface area contributed by atoms with E-state index in [1.807, 2.05) is 0 Å². The molecule has 0 saturated heterocycles. The van der Waals surface area contributed by atoms with Crippen molar-refractivity contribution in [1.29, 1.82) is 0 Å². The van der Waals surface area contributed by atoms with Gasteiger partial charge in [0.1, 0.15) is 5.75 Å². The largest absolute Gasteiger partial charge is 0.508 e. The molecule has 0 aliphatic heterocycles. The number of phenolic OH excluding ortho intramolecular Hbond substituents is 1. The van der Waals surface area contributed by atoms with Crippen LogP contribution in [-0.4, -0.2) is 46.7 Å². The first-order chi connectivity index (χ1) is 8.49. The van der Waals surface area contributed by atoms with E-state index in [1.165, 1.54) is 38.5 Å². The molecule has 18 heavy (non-hydrogen) atoms. The monoisotopic (exact) mass is 274 g/mol. The van der Waals surface area contributed by atoms with Gasteiger partial charge in [-0.3, -0.25) is 0 Å². The van der Waals surface area contributed by atoms with E-state index in [2.05, 4.69) is 0 Å². The molecule has 0 aliphatic carbocycles. The van der Waals surface area contributed by atoms with Crippen molar-refractivity contribution in [2.75, 3.05) is 33.2 Å². The topological polar surface area (TPSA) is 72.8 Å². The SMILES string of the molecule is COCC(COC)CS(=O)(=O)c1ccc(O)cc1. The first kappa shape index (κ1) is 14.9. The van der Waals surface area contributed by atoms with Crippen LogP contribution in [0.1, 0.15) is 0 Å². The van der Waals surface area contributed by atoms with Gasteiger partial charge < -0.3 is 14.6 Å². The number of methoxy groups -OCH3 is 2. The Kier molecular flexibility index (Phi) is 5.58. The number of hydrogen-bond acceptors (Lipinski definition) is 5. The maximum absolute atomic E-state index is 12.1. The number of benzene rings is 1. The molecule has 102 valence electrons. The lowest BCUT2D eigenvalue weighted by Crippen LogP contribution is -2.24. The van der Waals surface area contributed by atoms with Gasteiger partial charge in [0.25, 0.3) is 0 Å². The third-order valence-corrected chi connectivity index (χ3v) is 4.36. The molecule has 0 unspecified atom stereocenters. The second kappa shape index (κ2) is 6.72. The van der Waals surface area contributed by atoms with Crippen molar-refractivity contribution in [2.24, 2.45) is 5.92 Å². The summed E-state index contributed by atoms with van der Waals surface area (Å²) in [6, 6.07) is 5.49. The Labute approximate surface area is 107 Å². The molecule has 1 aromatic carbocycles. The lowest BCUT2D eigenvalue weighted by molar-refractivity contribution is 0.0945. The Balaban J connectivity index is 2.82. The fraction of sp³-hybridized carbons (Fsp3) is 0.500. The molecule has 0 bridgehead atoms. The van der Waals surface area contributed by atoms with E-state index in [-0.39, 0.29) is 22.3 Å². The normalized spacial score (nSPS) is 11.9. The molecule has 0 aromatic heterocycles. The predicted octanol–water partition coefficient (Wildman–Crippen LogP) is 1.07. The molecule has 0 saturated carbocycles. The maximum atomic E-state index is 12.1. The molecule has 6 heteroatoms. The summed E-state index contributed by atoms with van der Waals surface area (Å²) in [6.45, 7) is 0.649. The number of sulfone groups is 1. The van der Waals surface area contributed by atoms with Crippen LogP contribution in [0.15, 0.2) is 29.2 Å². The van der Waals surface area contributed by atoms with Crippen LogP contribution in [0.2, 0.25) is 0 Å². The summed E-state index contributed by atoms with van der Waals surface area (Å²) >= 11 is 0. The van der Waals surface area contributed by atoms with Crippen LogP contribution in [-0.2, 0) is 19.3 Å². The van der Waals surface area contributed by atoms with E-state index >= 15 is 0 Å². The molecule has 5 nitrogen and oxygen atoms in total. The zero-order valence-electron chi connectivity index (χ0n) is 10.5. The Hall–Kier alpha value is -1.11. The van der Waals surface area contributed by atoms with Crippen LogP contribution in [0.25, 0.3) is 0 Å². The number of ether oxygens (including phenoxy) is 2. The molecular weight excluding hydrogens is 256 g/mol. The summed E-state index contributed by atoms with van der Waals surface area (Å²) in [7, 11) is -0.344. The van der Waals surface area contributed by atoms with Gasteiger partial charge in [-0.15, -0.1) is 0 Å². The third-order valence-electron chi connectivity index (χ3n) is 2.46. The molecule has 0 radical (unpaired) electrons. The second-order valence-electron chi connectivity index (χ2n) is 4.05. The maximum Gasteiger partial charge on any atom is 0.178 e. The first-order valence-electron chi connectivity index (χ1n) is 5.49. The van der Waals surface area contributed by atoms with Crippen LogP contribution in [0.4, 0.5) is 0 Å². The summed E-state index contributed by atoms with van der Waals surface area (Å²) in [5, 5.41) is 9.14. The number of aromatic hydroxyl groups is 1.